The highest BCUT2D eigenvalue weighted by Gasteiger charge is 2.14. The van der Waals surface area contributed by atoms with Crippen molar-refractivity contribution in [3.05, 3.63) is 45.4 Å². The molecule has 1 heterocycles. The van der Waals surface area contributed by atoms with Gasteiger partial charge in [0.15, 0.2) is 0 Å². The van der Waals surface area contributed by atoms with E-state index in [1.165, 1.54) is 6.07 Å². The largest absolute Gasteiger partial charge is 0.377 e. The summed E-state index contributed by atoms with van der Waals surface area (Å²) in [4.78, 5) is 0. The van der Waals surface area contributed by atoms with Gasteiger partial charge >= 0.3 is 0 Å². The number of nitrogens with one attached hydrogen (secondary N) is 1. The van der Waals surface area contributed by atoms with Crippen molar-refractivity contribution in [1.29, 1.82) is 0 Å². The fraction of sp³-hybridized carbons (Fsp3) is 0.400. The molecule has 0 fully saturated rings. The number of hydrogen-bond donors (Lipinski definition) is 1. The first-order chi connectivity index (χ1) is 9.56. The Hall–Kier alpha value is -1.36. The fourth-order valence-electron chi connectivity index (χ4n) is 2.13. The lowest BCUT2D eigenvalue weighted by Crippen LogP contribution is -2.09. The first kappa shape index (κ1) is 15.0. The van der Waals surface area contributed by atoms with Crippen LogP contribution in [0.3, 0.4) is 0 Å². The van der Waals surface area contributed by atoms with Crippen LogP contribution in [0.2, 0.25) is 0 Å². The minimum absolute atomic E-state index is 0.223. The molecule has 2 aromatic rings. The molecule has 0 aliphatic heterocycles. The van der Waals surface area contributed by atoms with Gasteiger partial charge in [-0.1, -0.05) is 13.0 Å². The molecule has 0 unspecified atom stereocenters. The van der Waals surface area contributed by atoms with Crippen LogP contribution in [0.1, 0.15) is 30.8 Å². The van der Waals surface area contributed by atoms with Crippen molar-refractivity contribution in [1.82, 2.24) is 9.78 Å². The van der Waals surface area contributed by atoms with E-state index in [0.717, 1.165) is 34.4 Å². The molecule has 0 amide bonds. The lowest BCUT2D eigenvalue weighted by Gasteiger charge is -2.10. The second-order valence-corrected chi connectivity index (χ2v) is 5.51. The highest BCUT2D eigenvalue weighted by Crippen LogP contribution is 2.24. The molecule has 5 heteroatoms. The molecule has 108 valence electrons. The third kappa shape index (κ3) is 3.03. The number of hydrogen-bond acceptors (Lipinski definition) is 2. The summed E-state index contributed by atoms with van der Waals surface area (Å²) in [5.74, 6) is -0.223. The molecule has 0 aliphatic carbocycles. The van der Waals surface area contributed by atoms with Gasteiger partial charge in [0.25, 0.3) is 0 Å². The summed E-state index contributed by atoms with van der Waals surface area (Å²) in [6.45, 7) is 7.34. The molecule has 0 bridgehead atoms. The van der Waals surface area contributed by atoms with Gasteiger partial charge in [0.05, 0.1) is 28.1 Å². The Labute approximate surface area is 127 Å². The van der Waals surface area contributed by atoms with E-state index in [2.05, 4.69) is 40.2 Å². The molecule has 0 radical (unpaired) electrons. The predicted octanol–water partition coefficient (Wildman–Crippen LogP) is 4.29. The van der Waals surface area contributed by atoms with Gasteiger partial charge < -0.3 is 5.32 Å². The highest BCUT2D eigenvalue weighted by atomic mass is 79.9. The average Bonchev–Trinajstić information content (AvgIpc) is 2.74. The van der Waals surface area contributed by atoms with Crippen LogP contribution in [0, 0.1) is 12.7 Å². The highest BCUT2D eigenvalue weighted by molar-refractivity contribution is 9.10. The monoisotopic (exact) mass is 339 g/mol. The van der Waals surface area contributed by atoms with Crippen molar-refractivity contribution in [3.8, 4) is 0 Å². The second-order valence-electron chi connectivity index (χ2n) is 4.71. The van der Waals surface area contributed by atoms with Gasteiger partial charge in [-0.05, 0) is 53.9 Å². The molecule has 0 atom stereocenters. The van der Waals surface area contributed by atoms with Crippen molar-refractivity contribution in [2.75, 3.05) is 5.32 Å². The zero-order valence-electron chi connectivity index (χ0n) is 12.0. The molecule has 0 spiro atoms. The van der Waals surface area contributed by atoms with Crippen LogP contribution < -0.4 is 5.32 Å². The summed E-state index contributed by atoms with van der Waals surface area (Å²) in [6, 6.07) is 5.20. The molecular weight excluding hydrogens is 321 g/mol. The van der Waals surface area contributed by atoms with E-state index >= 15 is 0 Å². The molecule has 1 aromatic carbocycles. The summed E-state index contributed by atoms with van der Waals surface area (Å²) < 4.78 is 16.8. The maximum atomic E-state index is 13.8. The molecule has 0 saturated carbocycles. The van der Waals surface area contributed by atoms with E-state index in [1.54, 1.807) is 6.07 Å². The van der Waals surface area contributed by atoms with Gasteiger partial charge in [-0.2, -0.15) is 5.10 Å². The van der Waals surface area contributed by atoms with Crippen molar-refractivity contribution in [2.24, 2.45) is 0 Å². The Balaban J connectivity index is 2.20. The summed E-state index contributed by atoms with van der Waals surface area (Å²) in [5, 5.41) is 7.68. The standard InChI is InChI=1S/C15H19BrFN3/c1-4-12-15(16)14(20(5-2)19-12)9-18-13-7-6-10(3)8-11(13)17/h6-8,18H,4-5,9H2,1-3H3. The normalized spacial score (nSPS) is 10.8. The van der Waals surface area contributed by atoms with E-state index in [0.29, 0.717) is 12.2 Å². The van der Waals surface area contributed by atoms with Crippen molar-refractivity contribution >= 4 is 21.6 Å². The van der Waals surface area contributed by atoms with E-state index in [4.69, 9.17) is 0 Å². The number of aryl methyl sites for hydroxylation is 3. The van der Waals surface area contributed by atoms with Gasteiger partial charge in [-0.15, -0.1) is 0 Å². The maximum absolute atomic E-state index is 13.8. The number of anilines is 1. The number of nitrogens with zero attached hydrogens (tertiary/aromatic N) is 2. The van der Waals surface area contributed by atoms with Crippen molar-refractivity contribution in [3.63, 3.8) is 0 Å². The van der Waals surface area contributed by atoms with Crippen LogP contribution in [0.15, 0.2) is 22.7 Å². The second kappa shape index (κ2) is 6.39. The smallest absolute Gasteiger partial charge is 0.146 e. The van der Waals surface area contributed by atoms with Gasteiger partial charge in [-0.25, -0.2) is 4.39 Å². The number of rotatable bonds is 5. The Bertz CT molecular complexity index is 607. The molecule has 1 aromatic heterocycles. The van der Waals surface area contributed by atoms with Gasteiger partial charge in [0, 0.05) is 6.54 Å². The van der Waals surface area contributed by atoms with Crippen LogP contribution in [0.25, 0.3) is 0 Å². The first-order valence-corrected chi connectivity index (χ1v) is 7.60. The molecule has 20 heavy (non-hydrogen) atoms. The molecule has 0 saturated heterocycles. The summed E-state index contributed by atoms with van der Waals surface area (Å²) in [5.41, 5.74) is 3.52. The minimum atomic E-state index is -0.223. The predicted molar refractivity (Wildman–Crippen MR) is 83.4 cm³/mol. The maximum Gasteiger partial charge on any atom is 0.146 e. The number of aromatic nitrogens is 2. The third-order valence-corrected chi connectivity index (χ3v) is 4.18. The molecular formula is C15H19BrFN3. The zero-order valence-corrected chi connectivity index (χ0v) is 13.6. The Morgan fingerprint density at radius 2 is 2.10 bits per heavy atom. The van der Waals surface area contributed by atoms with Crippen LogP contribution in [0.4, 0.5) is 10.1 Å². The van der Waals surface area contributed by atoms with E-state index in [1.807, 2.05) is 17.7 Å². The molecule has 0 aliphatic rings. The molecule has 3 nitrogen and oxygen atoms in total. The SMILES string of the molecule is CCc1nn(CC)c(CNc2ccc(C)cc2F)c1Br. The van der Waals surface area contributed by atoms with E-state index in [-0.39, 0.29) is 5.82 Å². The first-order valence-electron chi connectivity index (χ1n) is 6.80. The van der Waals surface area contributed by atoms with E-state index in [9.17, 15) is 4.39 Å². The van der Waals surface area contributed by atoms with Crippen LogP contribution in [-0.2, 0) is 19.5 Å². The fourth-order valence-corrected chi connectivity index (χ4v) is 2.83. The van der Waals surface area contributed by atoms with Gasteiger partial charge in [0.1, 0.15) is 5.82 Å². The van der Waals surface area contributed by atoms with Gasteiger partial charge in [0.2, 0.25) is 0 Å². The minimum Gasteiger partial charge on any atom is -0.377 e. The average molecular weight is 340 g/mol. The van der Waals surface area contributed by atoms with Crippen LogP contribution >= 0.6 is 15.9 Å². The topological polar surface area (TPSA) is 29.9 Å². The lowest BCUT2D eigenvalue weighted by molar-refractivity contribution is 0.613. The Kier molecular flexibility index (Phi) is 4.81. The van der Waals surface area contributed by atoms with Crippen LogP contribution in [-0.4, -0.2) is 9.78 Å². The summed E-state index contributed by atoms with van der Waals surface area (Å²) in [7, 11) is 0. The van der Waals surface area contributed by atoms with E-state index < -0.39 is 0 Å². The summed E-state index contributed by atoms with van der Waals surface area (Å²) in [6.07, 6.45) is 0.874. The summed E-state index contributed by atoms with van der Waals surface area (Å²) >= 11 is 3.59. The van der Waals surface area contributed by atoms with Gasteiger partial charge in [-0.3, -0.25) is 4.68 Å². The zero-order chi connectivity index (χ0) is 14.7. The number of benzene rings is 1. The van der Waals surface area contributed by atoms with Crippen molar-refractivity contribution in [2.45, 2.75) is 40.3 Å². The Morgan fingerprint density at radius 3 is 2.70 bits per heavy atom. The number of halogens is 2. The van der Waals surface area contributed by atoms with Crippen molar-refractivity contribution < 1.29 is 4.39 Å². The Morgan fingerprint density at radius 1 is 1.35 bits per heavy atom. The quantitative estimate of drug-likeness (QED) is 0.880. The third-order valence-electron chi connectivity index (χ3n) is 3.27. The molecule has 2 rings (SSSR count). The molecule has 1 N–H and O–H groups in total. The van der Waals surface area contributed by atoms with Crippen LogP contribution in [0.5, 0.6) is 0 Å². The lowest BCUT2D eigenvalue weighted by atomic mass is 10.2.